The van der Waals surface area contributed by atoms with Gasteiger partial charge in [0.1, 0.15) is 0 Å². The molecule has 3 nitrogen and oxygen atoms in total. The van der Waals surface area contributed by atoms with Gasteiger partial charge < -0.3 is 11.1 Å². The van der Waals surface area contributed by atoms with E-state index in [1.54, 1.807) is 18.2 Å². The third-order valence-corrected chi connectivity index (χ3v) is 3.32. The van der Waals surface area contributed by atoms with E-state index in [-0.39, 0.29) is 5.91 Å². The van der Waals surface area contributed by atoms with Crippen molar-refractivity contribution in [2.45, 2.75) is 19.4 Å². The fourth-order valence-electron chi connectivity index (χ4n) is 1.95. The highest BCUT2D eigenvalue weighted by atomic mass is 35.5. The highest BCUT2D eigenvalue weighted by molar-refractivity contribution is 6.30. The molecule has 0 heterocycles. The molecular weight excluding hydrogens is 272 g/mol. The third-order valence-electron chi connectivity index (χ3n) is 3.08. The minimum atomic E-state index is -0.576. The molecule has 2 aromatic carbocycles. The summed E-state index contributed by atoms with van der Waals surface area (Å²) in [6.07, 6.45) is 0.513. The highest BCUT2D eigenvalue weighted by Gasteiger charge is 2.15. The first-order valence-electron chi connectivity index (χ1n) is 6.43. The van der Waals surface area contributed by atoms with Gasteiger partial charge in [-0.3, -0.25) is 4.79 Å². The van der Waals surface area contributed by atoms with E-state index in [0.29, 0.717) is 11.4 Å². The zero-order chi connectivity index (χ0) is 14.5. The molecule has 0 fully saturated rings. The summed E-state index contributed by atoms with van der Waals surface area (Å²) in [5, 5.41) is 3.48. The van der Waals surface area contributed by atoms with Crippen molar-refractivity contribution in [3.8, 4) is 0 Å². The Bertz CT molecular complexity index is 599. The van der Waals surface area contributed by atoms with Crippen LogP contribution in [0.3, 0.4) is 0 Å². The standard InChI is InChI=1S/C16H17ClN2O/c1-11-9-13(17)7-8-15(11)19-16(20)14(18)10-12-5-3-2-4-6-12/h2-9,14H,10,18H2,1H3,(H,19,20). The van der Waals surface area contributed by atoms with Crippen molar-refractivity contribution in [3.05, 3.63) is 64.7 Å². The van der Waals surface area contributed by atoms with Crippen LogP contribution in [0.25, 0.3) is 0 Å². The van der Waals surface area contributed by atoms with E-state index >= 15 is 0 Å². The van der Waals surface area contributed by atoms with Gasteiger partial charge in [-0.2, -0.15) is 0 Å². The van der Waals surface area contributed by atoms with Crippen LogP contribution in [0.5, 0.6) is 0 Å². The van der Waals surface area contributed by atoms with Crippen molar-refractivity contribution >= 4 is 23.2 Å². The predicted octanol–water partition coefficient (Wildman–Crippen LogP) is 3.16. The van der Waals surface area contributed by atoms with Crippen molar-refractivity contribution in [2.24, 2.45) is 5.73 Å². The van der Waals surface area contributed by atoms with E-state index in [1.165, 1.54) is 0 Å². The number of nitrogens with two attached hydrogens (primary N) is 1. The minimum absolute atomic E-state index is 0.195. The van der Waals surface area contributed by atoms with Crippen molar-refractivity contribution in [2.75, 3.05) is 5.32 Å². The Kier molecular flexibility index (Phi) is 4.77. The summed E-state index contributed by atoms with van der Waals surface area (Å²) in [4.78, 5) is 12.1. The number of halogens is 1. The lowest BCUT2D eigenvalue weighted by Crippen LogP contribution is -2.37. The maximum Gasteiger partial charge on any atom is 0.241 e. The smallest absolute Gasteiger partial charge is 0.241 e. The Hall–Kier alpha value is -1.84. The SMILES string of the molecule is Cc1cc(Cl)ccc1NC(=O)C(N)Cc1ccccc1. The summed E-state index contributed by atoms with van der Waals surface area (Å²) >= 11 is 5.89. The van der Waals surface area contributed by atoms with Gasteiger partial charge in [0.15, 0.2) is 0 Å². The van der Waals surface area contributed by atoms with Crippen LogP contribution in [-0.4, -0.2) is 11.9 Å². The maximum absolute atomic E-state index is 12.1. The average molecular weight is 289 g/mol. The number of hydrogen-bond donors (Lipinski definition) is 2. The molecule has 0 saturated carbocycles. The van der Waals surface area contributed by atoms with Gasteiger partial charge in [0.05, 0.1) is 6.04 Å². The van der Waals surface area contributed by atoms with Gasteiger partial charge in [0.2, 0.25) is 5.91 Å². The second-order valence-corrected chi connectivity index (χ2v) is 5.18. The molecule has 0 radical (unpaired) electrons. The van der Waals surface area contributed by atoms with E-state index in [0.717, 1.165) is 16.8 Å². The molecule has 1 amide bonds. The minimum Gasteiger partial charge on any atom is -0.324 e. The van der Waals surface area contributed by atoms with Crippen LogP contribution < -0.4 is 11.1 Å². The van der Waals surface area contributed by atoms with Crippen LogP contribution in [0.2, 0.25) is 5.02 Å². The zero-order valence-electron chi connectivity index (χ0n) is 11.3. The lowest BCUT2D eigenvalue weighted by atomic mass is 10.1. The summed E-state index contributed by atoms with van der Waals surface area (Å²) in [7, 11) is 0. The molecule has 104 valence electrons. The predicted molar refractivity (Wildman–Crippen MR) is 82.9 cm³/mol. The second-order valence-electron chi connectivity index (χ2n) is 4.74. The molecule has 20 heavy (non-hydrogen) atoms. The van der Waals surface area contributed by atoms with E-state index in [9.17, 15) is 4.79 Å². The lowest BCUT2D eigenvalue weighted by Gasteiger charge is -2.14. The Morgan fingerprint density at radius 3 is 2.60 bits per heavy atom. The lowest BCUT2D eigenvalue weighted by molar-refractivity contribution is -0.117. The molecule has 1 unspecified atom stereocenters. The number of benzene rings is 2. The van der Waals surface area contributed by atoms with Gasteiger partial charge in [-0.15, -0.1) is 0 Å². The molecule has 0 saturated heterocycles. The fraction of sp³-hybridized carbons (Fsp3) is 0.188. The first kappa shape index (κ1) is 14.6. The molecule has 2 aromatic rings. The van der Waals surface area contributed by atoms with Crippen molar-refractivity contribution < 1.29 is 4.79 Å². The molecule has 4 heteroatoms. The first-order chi connectivity index (χ1) is 9.56. The molecule has 0 spiro atoms. The molecule has 1 atom stereocenters. The molecule has 3 N–H and O–H groups in total. The quantitative estimate of drug-likeness (QED) is 0.908. The molecule has 0 bridgehead atoms. The fourth-order valence-corrected chi connectivity index (χ4v) is 2.18. The third kappa shape index (κ3) is 3.83. The van der Waals surface area contributed by atoms with Crippen LogP contribution in [0.4, 0.5) is 5.69 Å². The van der Waals surface area contributed by atoms with Gasteiger partial charge in [-0.1, -0.05) is 41.9 Å². The van der Waals surface area contributed by atoms with Crippen LogP contribution >= 0.6 is 11.6 Å². The number of anilines is 1. The summed E-state index contributed by atoms with van der Waals surface area (Å²) in [6.45, 7) is 1.89. The molecular formula is C16H17ClN2O. The summed E-state index contributed by atoms with van der Waals surface area (Å²) in [5.41, 5.74) is 8.64. The Labute approximate surface area is 123 Å². The van der Waals surface area contributed by atoms with Gasteiger partial charge in [-0.05, 0) is 42.7 Å². The molecule has 0 aliphatic heterocycles. The van der Waals surface area contributed by atoms with Gasteiger partial charge >= 0.3 is 0 Å². The molecule has 2 rings (SSSR count). The zero-order valence-corrected chi connectivity index (χ0v) is 12.0. The number of carbonyl (C=O) groups is 1. The molecule has 0 aromatic heterocycles. The van der Waals surface area contributed by atoms with Gasteiger partial charge in [-0.25, -0.2) is 0 Å². The normalized spacial score (nSPS) is 11.9. The van der Waals surface area contributed by atoms with Crippen molar-refractivity contribution in [1.82, 2.24) is 0 Å². The number of carbonyl (C=O) groups excluding carboxylic acids is 1. The number of nitrogens with one attached hydrogen (secondary N) is 1. The maximum atomic E-state index is 12.1. The van der Waals surface area contributed by atoms with Crippen LogP contribution in [0.15, 0.2) is 48.5 Å². The molecule has 0 aliphatic rings. The summed E-state index contributed by atoms with van der Waals surface area (Å²) in [6, 6.07) is 14.5. The summed E-state index contributed by atoms with van der Waals surface area (Å²) < 4.78 is 0. The number of aryl methyl sites for hydroxylation is 1. The highest BCUT2D eigenvalue weighted by Crippen LogP contribution is 2.19. The number of hydrogen-bond acceptors (Lipinski definition) is 2. The first-order valence-corrected chi connectivity index (χ1v) is 6.80. The van der Waals surface area contributed by atoms with E-state index in [2.05, 4.69) is 5.32 Å². The Morgan fingerprint density at radius 1 is 1.25 bits per heavy atom. The Morgan fingerprint density at radius 2 is 1.95 bits per heavy atom. The van der Waals surface area contributed by atoms with E-state index in [4.69, 9.17) is 17.3 Å². The average Bonchev–Trinajstić information content (AvgIpc) is 2.43. The largest absolute Gasteiger partial charge is 0.324 e. The number of rotatable bonds is 4. The van der Waals surface area contributed by atoms with Crippen LogP contribution in [0.1, 0.15) is 11.1 Å². The van der Waals surface area contributed by atoms with Crippen LogP contribution in [-0.2, 0) is 11.2 Å². The van der Waals surface area contributed by atoms with Crippen LogP contribution in [0, 0.1) is 6.92 Å². The van der Waals surface area contributed by atoms with Crippen molar-refractivity contribution in [1.29, 1.82) is 0 Å². The summed E-state index contributed by atoms with van der Waals surface area (Å²) in [5.74, 6) is -0.195. The van der Waals surface area contributed by atoms with Gasteiger partial charge in [0, 0.05) is 10.7 Å². The monoisotopic (exact) mass is 288 g/mol. The molecule has 0 aliphatic carbocycles. The topological polar surface area (TPSA) is 55.1 Å². The number of amides is 1. The van der Waals surface area contributed by atoms with E-state index < -0.39 is 6.04 Å². The van der Waals surface area contributed by atoms with Crippen molar-refractivity contribution in [3.63, 3.8) is 0 Å². The van der Waals surface area contributed by atoms with Gasteiger partial charge in [0.25, 0.3) is 0 Å². The van der Waals surface area contributed by atoms with E-state index in [1.807, 2.05) is 37.3 Å². The Balaban J connectivity index is 2.01. The second kappa shape index (κ2) is 6.55.